The van der Waals surface area contributed by atoms with Crippen molar-refractivity contribution < 1.29 is 19.1 Å². The van der Waals surface area contributed by atoms with Crippen LogP contribution in [0.1, 0.15) is 19.7 Å². The summed E-state index contributed by atoms with van der Waals surface area (Å²) in [7, 11) is 0. The van der Waals surface area contributed by atoms with E-state index < -0.39 is 0 Å². The number of ether oxygens (including phenoxy) is 2. The van der Waals surface area contributed by atoms with Crippen LogP contribution in [0, 0.1) is 0 Å². The van der Waals surface area contributed by atoms with Crippen LogP contribution >= 0.6 is 11.6 Å². The number of nitrogens with one attached hydrogen (secondary N) is 1. The quantitative estimate of drug-likeness (QED) is 0.527. The Labute approximate surface area is 179 Å². The van der Waals surface area contributed by atoms with E-state index in [0.29, 0.717) is 29.6 Å². The second-order valence-electron chi connectivity index (χ2n) is 6.98. The third-order valence-electron chi connectivity index (χ3n) is 4.24. The zero-order valence-electron chi connectivity index (χ0n) is 16.9. The zero-order valence-corrected chi connectivity index (χ0v) is 17.7. The van der Waals surface area contributed by atoms with E-state index in [9.17, 15) is 9.59 Å². The number of benzene rings is 2. The van der Waals surface area contributed by atoms with Crippen LogP contribution in [0.3, 0.4) is 0 Å². The number of nitrogens with zero attached hydrogens (tertiary/aromatic N) is 2. The van der Waals surface area contributed by atoms with Crippen molar-refractivity contribution >= 4 is 34.5 Å². The summed E-state index contributed by atoms with van der Waals surface area (Å²) in [6.45, 7) is 3.96. The number of hydrogen-bond donors (Lipinski definition) is 1. The molecule has 0 bridgehead atoms. The number of rotatable bonds is 9. The van der Waals surface area contributed by atoms with Crippen molar-refractivity contribution in [3.63, 3.8) is 0 Å². The Hall–Kier alpha value is -3.06. The number of halogens is 1. The molecule has 7 nitrogen and oxygen atoms in total. The first-order valence-corrected chi connectivity index (χ1v) is 10.1. The van der Waals surface area contributed by atoms with Crippen molar-refractivity contribution in [2.24, 2.45) is 0 Å². The molecule has 0 fully saturated rings. The van der Waals surface area contributed by atoms with Gasteiger partial charge in [-0.2, -0.15) is 0 Å². The molecule has 1 heterocycles. The maximum absolute atomic E-state index is 12.2. The highest BCUT2D eigenvalue weighted by Crippen LogP contribution is 2.17. The Balaban J connectivity index is 1.58. The minimum atomic E-state index is -0.324. The number of aromatic nitrogens is 2. The van der Waals surface area contributed by atoms with Crippen molar-refractivity contribution in [2.45, 2.75) is 32.9 Å². The van der Waals surface area contributed by atoms with Gasteiger partial charge in [0.1, 0.15) is 18.1 Å². The minimum absolute atomic E-state index is 0.0711. The molecule has 0 atom stereocenters. The molecule has 3 aromatic rings. The highest BCUT2D eigenvalue weighted by Gasteiger charge is 2.15. The molecule has 0 unspecified atom stereocenters. The Morgan fingerprint density at radius 2 is 1.87 bits per heavy atom. The van der Waals surface area contributed by atoms with Gasteiger partial charge in [-0.15, -0.1) is 0 Å². The molecule has 0 radical (unpaired) electrons. The molecule has 158 valence electrons. The lowest BCUT2D eigenvalue weighted by atomic mass is 10.3. The highest BCUT2D eigenvalue weighted by molar-refractivity contribution is 6.30. The molecule has 0 saturated carbocycles. The summed E-state index contributed by atoms with van der Waals surface area (Å²) < 4.78 is 12.5. The van der Waals surface area contributed by atoms with Crippen molar-refractivity contribution in [1.82, 2.24) is 14.9 Å². The molecule has 0 spiro atoms. The van der Waals surface area contributed by atoms with E-state index in [-0.39, 0.29) is 31.1 Å². The number of carbonyl (C=O) groups excluding carboxylic acids is 2. The molecule has 0 aliphatic carbocycles. The summed E-state index contributed by atoms with van der Waals surface area (Å²) in [5, 5.41) is 3.41. The average Bonchev–Trinajstić information content (AvgIpc) is 3.04. The summed E-state index contributed by atoms with van der Waals surface area (Å²) in [5.74, 6) is 0.706. The first kappa shape index (κ1) is 21.6. The van der Waals surface area contributed by atoms with E-state index in [4.69, 9.17) is 21.1 Å². The van der Waals surface area contributed by atoms with E-state index in [0.717, 1.165) is 11.0 Å². The van der Waals surface area contributed by atoms with Crippen LogP contribution in [0.2, 0.25) is 5.02 Å². The first-order valence-electron chi connectivity index (χ1n) is 9.71. The maximum Gasteiger partial charge on any atom is 0.326 e. The smallest absolute Gasteiger partial charge is 0.326 e. The van der Waals surface area contributed by atoms with Crippen molar-refractivity contribution in [3.05, 3.63) is 59.4 Å². The second-order valence-corrected chi connectivity index (χ2v) is 7.42. The van der Waals surface area contributed by atoms with Gasteiger partial charge in [0, 0.05) is 18.0 Å². The molecule has 1 amide bonds. The number of carbonyl (C=O) groups is 2. The molecule has 0 aliphatic heterocycles. The summed E-state index contributed by atoms with van der Waals surface area (Å²) in [5.41, 5.74) is 1.65. The van der Waals surface area contributed by atoms with E-state index >= 15 is 0 Å². The fourth-order valence-electron chi connectivity index (χ4n) is 2.97. The number of para-hydroxylation sites is 2. The van der Waals surface area contributed by atoms with Crippen LogP contribution in [-0.2, 0) is 27.3 Å². The van der Waals surface area contributed by atoms with E-state index in [1.807, 2.05) is 42.7 Å². The van der Waals surface area contributed by atoms with Gasteiger partial charge < -0.3 is 19.4 Å². The molecule has 1 N–H and O–H groups in total. The second kappa shape index (κ2) is 10.1. The van der Waals surface area contributed by atoms with Crippen LogP contribution in [0.25, 0.3) is 11.0 Å². The van der Waals surface area contributed by atoms with Crippen molar-refractivity contribution in [2.75, 3.05) is 13.2 Å². The van der Waals surface area contributed by atoms with Crippen LogP contribution in [0.5, 0.6) is 5.75 Å². The molecule has 30 heavy (non-hydrogen) atoms. The lowest BCUT2D eigenvalue weighted by molar-refractivity contribution is -0.148. The predicted octanol–water partition coefficient (Wildman–Crippen LogP) is 3.38. The topological polar surface area (TPSA) is 82.5 Å². The molecule has 1 aromatic heterocycles. The minimum Gasteiger partial charge on any atom is -0.484 e. The summed E-state index contributed by atoms with van der Waals surface area (Å²) >= 11 is 5.83. The average molecular weight is 430 g/mol. The van der Waals surface area contributed by atoms with Gasteiger partial charge in [-0.25, -0.2) is 4.98 Å². The predicted molar refractivity (Wildman–Crippen MR) is 115 cm³/mol. The normalized spacial score (nSPS) is 10.9. The first-order chi connectivity index (χ1) is 14.4. The molecule has 0 aliphatic rings. The molecular weight excluding hydrogens is 406 g/mol. The number of imidazole rings is 1. The Morgan fingerprint density at radius 3 is 2.60 bits per heavy atom. The summed E-state index contributed by atoms with van der Waals surface area (Å²) in [6, 6.07) is 14.4. The van der Waals surface area contributed by atoms with Gasteiger partial charge in [0.15, 0.2) is 6.61 Å². The van der Waals surface area contributed by atoms with Gasteiger partial charge in [-0.3, -0.25) is 9.59 Å². The molecule has 2 aromatic carbocycles. The van der Waals surface area contributed by atoms with Gasteiger partial charge >= 0.3 is 5.97 Å². The van der Waals surface area contributed by atoms with E-state index in [1.165, 1.54) is 0 Å². The van der Waals surface area contributed by atoms with Gasteiger partial charge in [0.05, 0.1) is 17.1 Å². The maximum atomic E-state index is 12.2. The van der Waals surface area contributed by atoms with Gasteiger partial charge in [0.25, 0.3) is 5.91 Å². The zero-order chi connectivity index (χ0) is 21.5. The number of fused-ring (bicyclic) bond motifs is 1. The monoisotopic (exact) mass is 429 g/mol. The van der Waals surface area contributed by atoms with Crippen LogP contribution in [0.15, 0.2) is 48.5 Å². The highest BCUT2D eigenvalue weighted by atomic mass is 35.5. The third-order valence-corrected chi connectivity index (χ3v) is 4.49. The molecular formula is C22H24ClN3O4. The van der Waals surface area contributed by atoms with Gasteiger partial charge in [0.2, 0.25) is 0 Å². The Bertz CT molecular complexity index is 1010. The standard InChI is InChI=1S/C22H24ClN3O4/c1-15(2)30-22(28)13-26-19-6-4-3-5-18(19)25-20(26)11-12-24-21(27)14-29-17-9-7-16(23)8-10-17/h3-10,15H,11-14H2,1-2H3,(H,24,27). The van der Waals surface area contributed by atoms with Gasteiger partial charge in [-0.05, 0) is 50.2 Å². The third kappa shape index (κ3) is 5.97. The number of hydrogen-bond acceptors (Lipinski definition) is 5. The lowest BCUT2D eigenvalue weighted by Crippen LogP contribution is -2.31. The van der Waals surface area contributed by atoms with Crippen molar-refractivity contribution in [1.29, 1.82) is 0 Å². The summed E-state index contributed by atoms with van der Waals surface area (Å²) in [6.07, 6.45) is 0.284. The number of esters is 1. The SMILES string of the molecule is CC(C)OC(=O)Cn1c(CCNC(=O)COc2ccc(Cl)cc2)nc2ccccc21. The lowest BCUT2D eigenvalue weighted by Gasteiger charge is -2.12. The van der Waals surface area contributed by atoms with Crippen LogP contribution in [-0.4, -0.2) is 40.7 Å². The Morgan fingerprint density at radius 1 is 1.13 bits per heavy atom. The van der Waals surface area contributed by atoms with E-state index in [2.05, 4.69) is 10.3 Å². The van der Waals surface area contributed by atoms with Crippen molar-refractivity contribution in [3.8, 4) is 5.75 Å². The van der Waals surface area contributed by atoms with Gasteiger partial charge in [-0.1, -0.05) is 23.7 Å². The van der Waals surface area contributed by atoms with Crippen LogP contribution in [0.4, 0.5) is 0 Å². The molecule has 8 heteroatoms. The number of amides is 1. The fourth-order valence-corrected chi connectivity index (χ4v) is 3.09. The van der Waals surface area contributed by atoms with Crippen LogP contribution < -0.4 is 10.1 Å². The van der Waals surface area contributed by atoms with E-state index in [1.54, 1.807) is 24.3 Å². The summed E-state index contributed by atoms with van der Waals surface area (Å²) in [4.78, 5) is 28.8. The fraction of sp³-hybridized carbons (Fsp3) is 0.318. The molecule has 0 saturated heterocycles. The molecule has 3 rings (SSSR count). The Kier molecular flexibility index (Phi) is 7.30. The largest absolute Gasteiger partial charge is 0.484 e.